The van der Waals surface area contributed by atoms with Crippen LogP contribution in [0, 0.1) is 0 Å². The molecule has 0 aromatic carbocycles. The molecule has 2 heterocycles. The van der Waals surface area contributed by atoms with Crippen molar-refractivity contribution in [3.63, 3.8) is 0 Å². The lowest BCUT2D eigenvalue weighted by molar-refractivity contribution is -0.125. The van der Waals surface area contributed by atoms with Crippen LogP contribution in [0.3, 0.4) is 0 Å². The molecule has 1 N–H and O–H groups in total. The molecule has 0 bridgehead atoms. The highest BCUT2D eigenvalue weighted by molar-refractivity contribution is 7.17. The van der Waals surface area contributed by atoms with Crippen LogP contribution in [0.2, 0.25) is 0 Å². The van der Waals surface area contributed by atoms with Crippen molar-refractivity contribution in [2.45, 2.75) is 13.5 Å². The fourth-order valence-electron chi connectivity index (χ4n) is 1.57. The summed E-state index contributed by atoms with van der Waals surface area (Å²) >= 11 is 1.36. The second-order valence-electron chi connectivity index (χ2n) is 3.84. The van der Waals surface area contributed by atoms with Gasteiger partial charge in [0.25, 0.3) is 5.56 Å². The van der Waals surface area contributed by atoms with E-state index in [9.17, 15) is 9.59 Å². The summed E-state index contributed by atoms with van der Waals surface area (Å²) in [6, 6.07) is 1.80. The molecule has 0 spiro atoms. The molecule has 5 nitrogen and oxygen atoms in total. The van der Waals surface area contributed by atoms with E-state index in [-0.39, 0.29) is 18.0 Å². The Labute approximate surface area is 108 Å². The van der Waals surface area contributed by atoms with Gasteiger partial charge in [-0.1, -0.05) is 6.08 Å². The number of carbonyl (C=O) groups excluding carboxylic acids is 1. The lowest BCUT2D eigenvalue weighted by atomic mass is 10.4. The molecule has 2 rings (SSSR count). The van der Waals surface area contributed by atoms with Crippen LogP contribution in [-0.2, 0) is 11.3 Å². The molecule has 0 radical (unpaired) electrons. The van der Waals surface area contributed by atoms with E-state index < -0.39 is 0 Å². The van der Waals surface area contributed by atoms with Crippen molar-refractivity contribution in [1.29, 1.82) is 0 Å². The topological polar surface area (TPSA) is 66.1 Å². The van der Waals surface area contributed by atoms with Crippen LogP contribution in [0.15, 0.2) is 28.4 Å². The molecule has 0 saturated carbocycles. The third-order valence-electron chi connectivity index (χ3n) is 2.44. The minimum atomic E-state index is -0.156. The number of hydrogen-bond acceptors (Lipinski definition) is 4. The number of thiophene rings is 1. The average molecular weight is 263 g/mol. The summed E-state index contributed by atoms with van der Waals surface area (Å²) in [6.45, 7) is 2.06. The number of carbonyl (C=O) groups is 1. The van der Waals surface area contributed by atoms with Crippen molar-refractivity contribution < 1.29 is 4.79 Å². The summed E-state index contributed by atoms with van der Waals surface area (Å²) in [5.74, 6) is 0.372. The Bertz CT molecular complexity index is 657. The summed E-state index contributed by atoms with van der Waals surface area (Å²) < 4.78 is 0.612. The van der Waals surface area contributed by atoms with Crippen molar-refractivity contribution in [2.24, 2.45) is 0 Å². The van der Waals surface area contributed by atoms with Crippen molar-refractivity contribution in [1.82, 2.24) is 14.9 Å². The van der Waals surface area contributed by atoms with Gasteiger partial charge in [-0.2, -0.15) is 0 Å². The van der Waals surface area contributed by atoms with E-state index in [1.807, 2.05) is 5.38 Å². The first-order valence-electron chi connectivity index (χ1n) is 5.46. The Morgan fingerprint density at radius 1 is 1.61 bits per heavy atom. The van der Waals surface area contributed by atoms with Crippen LogP contribution in [0.5, 0.6) is 0 Å². The molecule has 2 aromatic heterocycles. The first kappa shape index (κ1) is 12.5. The molecule has 0 aliphatic carbocycles. The third kappa shape index (κ3) is 2.48. The first-order valence-corrected chi connectivity index (χ1v) is 6.34. The maximum absolute atomic E-state index is 11.7. The number of fused-ring (bicyclic) bond motifs is 1. The number of nitrogens with one attached hydrogen (secondary N) is 1. The number of allylic oxidation sites excluding steroid dienone is 1. The van der Waals surface area contributed by atoms with Gasteiger partial charge in [0.15, 0.2) is 0 Å². The van der Waals surface area contributed by atoms with Gasteiger partial charge in [0.1, 0.15) is 10.5 Å². The highest BCUT2D eigenvalue weighted by Crippen LogP contribution is 2.13. The van der Waals surface area contributed by atoms with E-state index in [1.54, 1.807) is 26.1 Å². The minimum absolute atomic E-state index is 0.120. The Morgan fingerprint density at radius 2 is 2.39 bits per heavy atom. The maximum Gasteiger partial charge on any atom is 0.268 e. The molecule has 18 heavy (non-hydrogen) atoms. The number of likely N-dealkylation sites (N-methyl/N-ethyl adjacent to an activating group) is 1. The normalized spacial score (nSPS) is 11.2. The fourth-order valence-corrected chi connectivity index (χ4v) is 2.29. The van der Waals surface area contributed by atoms with Gasteiger partial charge in [-0.05, 0) is 24.4 Å². The number of rotatable bonds is 3. The summed E-state index contributed by atoms with van der Waals surface area (Å²) in [6.07, 6.45) is 3.15. The van der Waals surface area contributed by atoms with Crippen LogP contribution in [0.25, 0.3) is 10.2 Å². The molecular formula is C12H13N3O2S. The smallest absolute Gasteiger partial charge is 0.268 e. The standard InChI is InChI=1S/C12H13N3O2S/c1-3-4-10(16)15(2)7-9-13-8-5-6-18-11(8)12(17)14-9/h3-6H,7H2,1-2H3,(H,13,14,17). The zero-order chi connectivity index (χ0) is 13.1. The third-order valence-corrected chi connectivity index (χ3v) is 3.34. The molecular weight excluding hydrogens is 250 g/mol. The van der Waals surface area contributed by atoms with Crippen LogP contribution in [0.4, 0.5) is 0 Å². The largest absolute Gasteiger partial charge is 0.335 e. The first-order chi connectivity index (χ1) is 8.61. The van der Waals surface area contributed by atoms with Crippen molar-refractivity contribution in [3.8, 4) is 0 Å². The van der Waals surface area contributed by atoms with Gasteiger partial charge in [0.2, 0.25) is 5.91 Å². The monoisotopic (exact) mass is 263 g/mol. The Morgan fingerprint density at radius 3 is 3.11 bits per heavy atom. The Kier molecular flexibility index (Phi) is 3.57. The van der Waals surface area contributed by atoms with Gasteiger partial charge >= 0.3 is 0 Å². The lowest BCUT2D eigenvalue weighted by Gasteiger charge is -2.13. The minimum Gasteiger partial charge on any atom is -0.335 e. The molecule has 0 fully saturated rings. The van der Waals surface area contributed by atoms with E-state index in [4.69, 9.17) is 0 Å². The average Bonchev–Trinajstić information content (AvgIpc) is 2.77. The molecule has 0 unspecified atom stereocenters. The molecule has 0 aliphatic rings. The van der Waals surface area contributed by atoms with Crippen molar-refractivity contribution >= 4 is 27.5 Å². The predicted octanol–water partition coefficient (Wildman–Crippen LogP) is 1.52. The number of nitrogens with zero attached hydrogens (tertiary/aromatic N) is 2. The molecule has 1 amide bonds. The van der Waals surface area contributed by atoms with E-state index in [2.05, 4.69) is 9.97 Å². The van der Waals surface area contributed by atoms with E-state index in [0.29, 0.717) is 16.0 Å². The number of aromatic amines is 1. The molecule has 6 heteroatoms. The maximum atomic E-state index is 11.7. The summed E-state index contributed by atoms with van der Waals surface area (Å²) in [5.41, 5.74) is 0.516. The molecule has 0 saturated heterocycles. The van der Waals surface area contributed by atoms with Crippen LogP contribution in [-0.4, -0.2) is 27.8 Å². The van der Waals surface area contributed by atoms with Crippen LogP contribution < -0.4 is 5.56 Å². The lowest BCUT2D eigenvalue weighted by Crippen LogP contribution is -2.26. The molecule has 0 aliphatic heterocycles. The van der Waals surface area contributed by atoms with E-state index in [0.717, 1.165) is 0 Å². The Balaban J connectivity index is 2.26. The van der Waals surface area contributed by atoms with Crippen LogP contribution >= 0.6 is 11.3 Å². The molecule has 94 valence electrons. The van der Waals surface area contributed by atoms with Gasteiger partial charge in [0.05, 0.1) is 12.1 Å². The summed E-state index contributed by atoms with van der Waals surface area (Å²) in [7, 11) is 1.67. The second kappa shape index (κ2) is 5.14. The summed E-state index contributed by atoms with van der Waals surface area (Å²) in [4.78, 5) is 31.8. The zero-order valence-electron chi connectivity index (χ0n) is 10.1. The van der Waals surface area contributed by atoms with E-state index in [1.165, 1.54) is 22.3 Å². The van der Waals surface area contributed by atoms with E-state index >= 15 is 0 Å². The number of H-pyrrole nitrogens is 1. The van der Waals surface area contributed by atoms with Gasteiger partial charge < -0.3 is 9.88 Å². The highest BCUT2D eigenvalue weighted by Gasteiger charge is 2.09. The SMILES string of the molecule is CC=CC(=O)N(C)Cc1nc2ccsc2c(=O)[nH]1. The van der Waals surface area contributed by atoms with Gasteiger partial charge in [-0.15, -0.1) is 11.3 Å². The predicted molar refractivity (Wildman–Crippen MR) is 71.5 cm³/mol. The van der Waals surface area contributed by atoms with Gasteiger partial charge in [-0.3, -0.25) is 9.59 Å². The number of hydrogen-bond donors (Lipinski definition) is 1. The fraction of sp³-hybridized carbons (Fsp3) is 0.250. The quantitative estimate of drug-likeness (QED) is 0.854. The zero-order valence-corrected chi connectivity index (χ0v) is 11.0. The number of aromatic nitrogens is 2. The highest BCUT2D eigenvalue weighted by atomic mass is 32.1. The van der Waals surface area contributed by atoms with Gasteiger partial charge in [-0.25, -0.2) is 4.98 Å². The second-order valence-corrected chi connectivity index (χ2v) is 4.76. The number of amides is 1. The van der Waals surface area contributed by atoms with Crippen molar-refractivity contribution in [3.05, 3.63) is 39.8 Å². The Hall–Kier alpha value is -1.95. The molecule has 2 aromatic rings. The van der Waals surface area contributed by atoms with Gasteiger partial charge in [0, 0.05) is 7.05 Å². The summed E-state index contributed by atoms with van der Waals surface area (Å²) in [5, 5.41) is 1.82. The molecule has 0 atom stereocenters. The van der Waals surface area contributed by atoms with Crippen molar-refractivity contribution in [2.75, 3.05) is 7.05 Å². The van der Waals surface area contributed by atoms with Crippen LogP contribution in [0.1, 0.15) is 12.7 Å².